The van der Waals surface area contributed by atoms with E-state index >= 15 is 0 Å². The van der Waals surface area contributed by atoms with Crippen LogP contribution in [0.15, 0.2) is 0 Å². The number of carbonyl (C=O) groups excluding carboxylic acids is 1. The molecule has 78 valence electrons. The van der Waals surface area contributed by atoms with Crippen molar-refractivity contribution in [3.63, 3.8) is 0 Å². The molecule has 3 fully saturated rings. The number of carbonyl (C=O) groups is 1. The first-order valence-corrected chi connectivity index (χ1v) is 5.55. The van der Waals surface area contributed by atoms with Crippen LogP contribution in [0.4, 0.5) is 0 Å². The first-order valence-electron chi connectivity index (χ1n) is 5.55. The second kappa shape index (κ2) is 2.80. The van der Waals surface area contributed by atoms with Gasteiger partial charge in [-0.1, -0.05) is 0 Å². The first-order chi connectivity index (χ1) is 6.66. The second-order valence-corrected chi connectivity index (χ2v) is 5.22. The van der Waals surface area contributed by atoms with Crippen LogP contribution in [0.25, 0.3) is 0 Å². The van der Waals surface area contributed by atoms with Gasteiger partial charge in [0.25, 0.3) is 0 Å². The molecule has 0 spiro atoms. The molecule has 3 saturated carbocycles. The van der Waals surface area contributed by atoms with Gasteiger partial charge in [-0.25, -0.2) is 0 Å². The average molecular weight is 196 g/mol. The Morgan fingerprint density at radius 3 is 2.50 bits per heavy atom. The van der Waals surface area contributed by atoms with Crippen LogP contribution in [0.1, 0.15) is 25.7 Å². The Balaban J connectivity index is 1.91. The summed E-state index contributed by atoms with van der Waals surface area (Å²) < 4.78 is 0. The molecule has 0 aromatic rings. The quantitative estimate of drug-likeness (QED) is 0.587. The molecule has 6 atom stereocenters. The van der Waals surface area contributed by atoms with Gasteiger partial charge >= 0.3 is 0 Å². The fourth-order valence-corrected chi connectivity index (χ4v) is 3.97. The molecule has 0 unspecified atom stereocenters. The molecule has 0 aromatic heterocycles. The largest absolute Gasteiger partial charge is 0.390 e. The molecule has 0 heterocycles. The third-order valence-electron chi connectivity index (χ3n) is 4.52. The number of rotatable bonds is 0. The SMILES string of the molecule is O=C1C[C@@H]2C[C@H]3C[C@H](O)[C@H](O)C[C@@H]2[C@@H]13. The summed E-state index contributed by atoms with van der Waals surface area (Å²) in [4.78, 5) is 11.7. The molecule has 3 aliphatic rings. The van der Waals surface area contributed by atoms with Crippen molar-refractivity contribution in [1.29, 1.82) is 0 Å². The summed E-state index contributed by atoms with van der Waals surface area (Å²) in [6.07, 6.45) is 1.91. The number of hydrogen-bond acceptors (Lipinski definition) is 3. The van der Waals surface area contributed by atoms with Crippen molar-refractivity contribution in [2.24, 2.45) is 23.7 Å². The lowest BCUT2D eigenvalue weighted by atomic mass is 9.84. The van der Waals surface area contributed by atoms with Crippen LogP contribution in [-0.4, -0.2) is 28.2 Å². The number of aliphatic hydroxyl groups excluding tert-OH is 2. The van der Waals surface area contributed by atoms with E-state index in [4.69, 9.17) is 0 Å². The van der Waals surface area contributed by atoms with E-state index in [2.05, 4.69) is 0 Å². The summed E-state index contributed by atoms with van der Waals surface area (Å²) in [7, 11) is 0. The minimum absolute atomic E-state index is 0.173. The highest BCUT2D eigenvalue weighted by molar-refractivity contribution is 5.85. The second-order valence-electron chi connectivity index (χ2n) is 5.22. The van der Waals surface area contributed by atoms with Crippen molar-refractivity contribution in [1.82, 2.24) is 0 Å². The molecule has 0 aromatic carbocycles. The van der Waals surface area contributed by atoms with Gasteiger partial charge in [0.2, 0.25) is 0 Å². The van der Waals surface area contributed by atoms with Gasteiger partial charge in [0.05, 0.1) is 12.2 Å². The van der Waals surface area contributed by atoms with E-state index in [1.54, 1.807) is 0 Å². The van der Waals surface area contributed by atoms with Crippen LogP contribution in [0, 0.1) is 23.7 Å². The van der Waals surface area contributed by atoms with Crippen LogP contribution in [0.3, 0.4) is 0 Å². The topological polar surface area (TPSA) is 57.5 Å². The van der Waals surface area contributed by atoms with Gasteiger partial charge in [-0.15, -0.1) is 0 Å². The highest BCUT2D eigenvalue weighted by Crippen LogP contribution is 2.55. The molecular formula is C11H16O3. The maximum atomic E-state index is 11.7. The van der Waals surface area contributed by atoms with Crippen molar-refractivity contribution < 1.29 is 15.0 Å². The van der Waals surface area contributed by atoms with Crippen LogP contribution < -0.4 is 0 Å². The van der Waals surface area contributed by atoms with E-state index in [1.807, 2.05) is 0 Å². The van der Waals surface area contributed by atoms with E-state index in [1.165, 1.54) is 0 Å². The van der Waals surface area contributed by atoms with E-state index in [-0.39, 0.29) is 5.92 Å². The molecule has 0 aliphatic heterocycles. The van der Waals surface area contributed by atoms with Gasteiger partial charge in [0.15, 0.2) is 0 Å². The molecule has 0 amide bonds. The standard InChI is InChI=1S/C11H16O3/c12-8-3-6-1-5-2-10(14)11(6)7(5)4-9(8)13/h5-9,11-13H,1-4H2/t5-,6-,7-,8-,9+,11-/m0/s1. The number of ketones is 1. The lowest BCUT2D eigenvalue weighted by molar-refractivity contribution is -0.123. The minimum Gasteiger partial charge on any atom is -0.390 e. The van der Waals surface area contributed by atoms with Crippen molar-refractivity contribution in [2.45, 2.75) is 37.9 Å². The Hall–Kier alpha value is -0.410. The Labute approximate surface area is 83.1 Å². The van der Waals surface area contributed by atoms with E-state index < -0.39 is 12.2 Å². The molecule has 0 radical (unpaired) electrons. The lowest BCUT2D eigenvalue weighted by Gasteiger charge is -2.24. The van der Waals surface area contributed by atoms with Crippen molar-refractivity contribution >= 4 is 5.78 Å². The van der Waals surface area contributed by atoms with Gasteiger partial charge in [-0.05, 0) is 37.0 Å². The third kappa shape index (κ3) is 1.03. The minimum atomic E-state index is -0.598. The van der Waals surface area contributed by atoms with Crippen molar-refractivity contribution in [3.8, 4) is 0 Å². The predicted molar refractivity (Wildman–Crippen MR) is 49.4 cm³/mol. The molecule has 14 heavy (non-hydrogen) atoms. The first kappa shape index (κ1) is 8.86. The molecule has 3 rings (SSSR count). The summed E-state index contributed by atoms with van der Waals surface area (Å²) in [5.74, 6) is 1.81. The smallest absolute Gasteiger partial charge is 0.136 e. The highest BCUT2D eigenvalue weighted by Gasteiger charge is 2.55. The van der Waals surface area contributed by atoms with Gasteiger partial charge in [-0.2, -0.15) is 0 Å². The summed E-state index contributed by atoms with van der Waals surface area (Å²) in [5.41, 5.74) is 0. The van der Waals surface area contributed by atoms with Crippen LogP contribution >= 0.6 is 0 Å². The fourth-order valence-electron chi connectivity index (χ4n) is 3.97. The predicted octanol–water partition coefficient (Wildman–Crippen LogP) is 0.343. The Morgan fingerprint density at radius 1 is 1.00 bits per heavy atom. The Bertz CT molecular complexity index is 276. The van der Waals surface area contributed by atoms with E-state index in [0.29, 0.717) is 36.4 Å². The van der Waals surface area contributed by atoms with Gasteiger partial charge in [-0.3, -0.25) is 4.79 Å². The van der Waals surface area contributed by atoms with Crippen molar-refractivity contribution in [3.05, 3.63) is 0 Å². The average Bonchev–Trinajstić information content (AvgIpc) is 2.52. The zero-order chi connectivity index (χ0) is 9.87. The van der Waals surface area contributed by atoms with Crippen LogP contribution in [0.2, 0.25) is 0 Å². The highest BCUT2D eigenvalue weighted by atomic mass is 16.3. The molecule has 2 N–H and O–H groups in total. The molecule has 3 aliphatic carbocycles. The number of hydrogen-bond donors (Lipinski definition) is 2. The van der Waals surface area contributed by atoms with E-state index in [9.17, 15) is 15.0 Å². The third-order valence-corrected chi connectivity index (χ3v) is 4.52. The normalized spacial score (nSPS) is 56.3. The summed E-state index contributed by atoms with van der Waals surface area (Å²) in [6.45, 7) is 0. The zero-order valence-corrected chi connectivity index (χ0v) is 8.10. The van der Waals surface area contributed by atoms with Gasteiger partial charge in [0.1, 0.15) is 5.78 Å². The maximum Gasteiger partial charge on any atom is 0.136 e. The van der Waals surface area contributed by atoms with Crippen LogP contribution in [-0.2, 0) is 4.79 Å². The maximum absolute atomic E-state index is 11.7. The molecule has 3 nitrogen and oxygen atoms in total. The van der Waals surface area contributed by atoms with Gasteiger partial charge in [0, 0.05) is 12.3 Å². The number of Topliss-reactive ketones (excluding diaryl/α,β-unsaturated/α-hetero) is 1. The van der Waals surface area contributed by atoms with E-state index in [0.717, 1.165) is 12.8 Å². The monoisotopic (exact) mass is 196 g/mol. The van der Waals surface area contributed by atoms with Gasteiger partial charge < -0.3 is 10.2 Å². The molecular weight excluding hydrogens is 180 g/mol. The van der Waals surface area contributed by atoms with Crippen LogP contribution in [0.5, 0.6) is 0 Å². The summed E-state index contributed by atoms with van der Waals surface area (Å²) in [5, 5.41) is 19.3. The fraction of sp³-hybridized carbons (Fsp3) is 0.909. The number of aliphatic hydroxyl groups is 2. The Morgan fingerprint density at radius 2 is 1.71 bits per heavy atom. The summed E-state index contributed by atoms with van der Waals surface area (Å²) in [6, 6.07) is 0. The van der Waals surface area contributed by atoms with Crippen molar-refractivity contribution in [2.75, 3.05) is 0 Å². The molecule has 4 bridgehead atoms. The lowest BCUT2D eigenvalue weighted by Crippen LogP contribution is -2.30. The zero-order valence-electron chi connectivity index (χ0n) is 8.10. The molecule has 3 heteroatoms. The summed E-state index contributed by atoms with van der Waals surface area (Å²) >= 11 is 0. The Kier molecular flexibility index (Phi) is 1.77. The molecule has 0 saturated heterocycles.